The first-order chi connectivity index (χ1) is 8.88. The predicted octanol–water partition coefficient (Wildman–Crippen LogP) is 2.65. The lowest BCUT2D eigenvalue weighted by molar-refractivity contribution is 0.134. The number of halogens is 1. The second kappa shape index (κ2) is 5.81. The first-order valence-corrected chi connectivity index (χ1v) is 9.34. The van der Waals surface area contributed by atoms with Gasteiger partial charge >= 0.3 is 0 Å². The van der Waals surface area contributed by atoms with Crippen molar-refractivity contribution in [2.45, 2.75) is 37.5 Å². The Balaban J connectivity index is 2.12. The molecule has 1 heterocycles. The van der Waals surface area contributed by atoms with E-state index in [2.05, 4.69) is 20.7 Å². The number of rotatable bonds is 5. The van der Waals surface area contributed by atoms with Gasteiger partial charge in [-0.2, -0.15) is 0 Å². The van der Waals surface area contributed by atoms with E-state index in [1.54, 1.807) is 13.0 Å². The van der Waals surface area contributed by atoms with Crippen LogP contribution in [0.1, 0.15) is 30.6 Å². The zero-order valence-electron chi connectivity index (χ0n) is 10.8. The van der Waals surface area contributed by atoms with Gasteiger partial charge in [0.2, 0.25) is 10.0 Å². The van der Waals surface area contributed by atoms with Crippen molar-refractivity contribution in [2.75, 3.05) is 13.2 Å². The summed E-state index contributed by atoms with van der Waals surface area (Å²) in [5, 5.41) is 9.50. The maximum absolute atomic E-state index is 12.3. The Labute approximate surface area is 126 Å². The summed E-state index contributed by atoms with van der Waals surface area (Å²) in [5.41, 5.74) is -0.270. The third-order valence-electron chi connectivity index (χ3n) is 3.77. The van der Waals surface area contributed by atoms with Crippen molar-refractivity contribution in [2.24, 2.45) is 5.41 Å². The molecule has 2 N–H and O–H groups in total. The molecule has 0 bridgehead atoms. The van der Waals surface area contributed by atoms with E-state index in [-0.39, 0.29) is 12.0 Å². The maximum atomic E-state index is 12.3. The molecule has 1 aliphatic carbocycles. The van der Waals surface area contributed by atoms with Gasteiger partial charge in [-0.05, 0) is 41.8 Å². The Hall–Kier alpha value is 0.0500. The molecule has 0 amide bonds. The smallest absolute Gasteiger partial charge is 0.241 e. The molecule has 4 nitrogen and oxygen atoms in total. The zero-order chi connectivity index (χ0) is 14.1. The van der Waals surface area contributed by atoms with E-state index in [4.69, 9.17) is 0 Å². The van der Waals surface area contributed by atoms with Crippen LogP contribution in [0.2, 0.25) is 0 Å². The number of sulfonamides is 1. The molecule has 1 aliphatic rings. The van der Waals surface area contributed by atoms with Crippen molar-refractivity contribution >= 4 is 37.3 Å². The fraction of sp³-hybridized carbons (Fsp3) is 0.667. The number of hydrogen-bond donors (Lipinski definition) is 2. The highest BCUT2D eigenvalue weighted by Crippen LogP contribution is 2.37. The van der Waals surface area contributed by atoms with E-state index in [1.807, 2.05) is 0 Å². The summed E-state index contributed by atoms with van der Waals surface area (Å²) in [7, 11) is -3.49. The average Bonchev–Trinajstić information content (AvgIpc) is 2.95. The SMILES string of the molecule is Cc1sc(Br)cc1S(=O)(=O)NCC1(CO)CCCC1. The van der Waals surface area contributed by atoms with Gasteiger partial charge in [0.1, 0.15) is 0 Å². The molecule has 2 rings (SSSR count). The normalized spacial score (nSPS) is 18.9. The molecule has 0 aliphatic heterocycles. The molecular weight excluding hydrogens is 350 g/mol. The first kappa shape index (κ1) is 15.4. The van der Waals surface area contributed by atoms with Gasteiger partial charge in [0, 0.05) is 23.4 Å². The van der Waals surface area contributed by atoms with Gasteiger partial charge in [0.05, 0.1) is 8.68 Å². The molecular formula is C12H18BrNO3S2. The number of thiophene rings is 1. The van der Waals surface area contributed by atoms with Gasteiger partial charge < -0.3 is 5.11 Å². The number of nitrogens with one attached hydrogen (secondary N) is 1. The molecule has 19 heavy (non-hydrogen) atoms. The minimum atomic E-state index is -3.49. The van der Waals surface area contributed by atoms with Crippen LogP contribution in [0.5, 0.6) is 0 Å². The molecule has 0 spiro atoms. The van der Waals surface area contributed by atoms with Gasteiger partial charge in [0.15, 0.2) is 0 Å². The highest BCUT2D eigenvalue weighted by Gasteiger charge is 2.34. The molecule has 1 aromatic rings. The van der Waals surface area contributed by atoms with Crippen molar-refractivity contribution in [3.63, 3.8) is 0 Å². The van der Waals surface area contributed by atoms with E-state index >= 15 is 0 Å². The minimum absolute atomic E-state index is 0.0435. The standard InChI is InChI=1S/C12H18BrNO3S2/c1-9-10(6-11(13)18-9)19(16,17)14-7-12(8-15)4-2-3-5-12/h6,14-15H,2-5,7-8H2,1H3. The fourth-order valence-corrected chi connectivity index (χ4v) is 6.11. The first-order valence-electron chi connectivity index (χ1n) is 6.25. The molecule has 0 radical (unpaired) electrons. The Morgan fingerprint density at radius 1 is 1.47 bits per heavy atom. The summed E-state index contributed by atoms with van der Waals surface area (Å²) in [6.07, 6.45) is 3.90. The number of aryl methyl sites for hydroxylation is 1. The van der Waals surface area contributed by atoms with Crippen LogP contribution in [0.25, 0.3) is 0 Å². The lowest BCUT2D eigenvalue weighted by Gasteiger charge is -2.26. The Kier molecular flexibility index (Phi) is 4.72. The van der Waals surface area contributed by atoms with Gasteiger partial charge in [-0.1, -0.05) is 12.8 Å². The van der Waals surface area contributed by atoms with E-state index in [1.165, 1.54) is 11.3 Å². The summed E-state index contributed by atoms with van der Waals surface area (Å²) in [6, 6.07) is 1.63. The Morgan fingerprint density at radius 2 is 2.11 bits per heavy atom. The highest BCUT2D eigenvalue weighted by molar-refractivity contribution is 9.11. The summed E-state index contributed by atoms with van der Waals surface area (Å²) in [6.45, 7) is 2.15. The molecule has 7 heteroatoms. The quantitative estimate of drug-likeness (QED) is 0.840. The second-order valence-electron chi connectivity index (χ2n) is 5.16. The van der Waals surface area contributed by atoms with Crippen LogP contribution in [-0.4, -0.2) is 26.7 Å². The monoisotopic (exact) mass is 367 g/mol. The van der Waals surface area contributed by atoms with Crippen molar-refractivity contribution in [3.8, 4) is 0 Å². The molecule has 108 valence electrons. The van der Waals surface area contributed by atoms with Crippen LogP contribution in [0.3, 0.4) is 0 Å². The van der Waals surface area contributed by atoms with Crippen molar-refractivity contribution in [3.05, 3.63) is 14.7 Å². The van der Waals surface area contributed by atoms with Crippen LogP contribution >= 0.6 is 27.3 Å². The van der Waals surface area contributed by atoms with E-state index in [0.717, 1.165) is 34.3 Å². The zero-order valence-corrected chi connectivity index (χ0v) is 14.0. The largest absolute Gasteiger partial charge is 0.396 e. The molecule has 1 aromatic heterocycles. The third-order valence-corrected chi connectivity index (χ3v) is 6.98. The van der Waals surface area contributed by atoms with Crippen LogP contribution < -0.4 is 4.72 Å². The number of hydrogen-bond acceptors (Lipinski definition) is 4. The van der Waals surface area contributed by atoms with Gasteiger partial charge in [-0.25, -0.2) is 13.1 Å². The third kappa shape index (κ3) is 3.39. The van der Waals surface area contributed by atoms with Crippen LogP contribution in [-0.2, 0) is 10.0 Å². The number of aliphatic hydroxyl groups excluding tert-OH is 1. The van der Waals surface area contributed by atoms with E-state index in [0.29, 0.717) is 11.4 Å². The molecule has 0 saturated heterocycles. The lowest BCUT2D eigenvalue weighted by atomic mass is 9.88. The summed E-state index contributed by atoms with van der Waals surface area (Å²) in [5.74, 6) is 0. The lowest BCUT2D eigenvalue weighted by Crippen LogP contribution is -2.38. The van der Waals surface area contributed by atoms with Gasteiger partial charge in [-0.3, -0.25) is 0 Å². The van der Waals surface area contributed by atoms with Crippen LogP contribution in [0.4, 0.5) is 0 Å². The van der Waals surface area contributed by atoms with Crippen molar-refractivity contribution < 1.29 is 13.5 Å². The maximum Gasteiger partial charge on any atom is 0.241 e. The van der Waals surface area contributed by atoms with Crippen LogP contribution in [0, 0.1) is 12.3 Å². The molecule has 1 saturated carbocycles. The Bertz CT molecular complexity index is 547. The van der Waals surface area contributed by atoms with E-state index in [9.17, 15) is 13.5 Å². The predicted molar refractivity (Wildman–Crippen MR) is 79.9 cm³/mol. The topological polar surface area (TPSA) is 66.4 Å². The molecule has 1 fully saturated rings. The minimum Gasteiger partial charge on any atom is -0.396 e. The number of aliphatic hydroxyl groups is 1. The van der Waals surface area contributed by atoms with E-state index < -0.39 is 10.0 Å². The Morgan fingerprint density at radius 3 is 2.58 bits per heavy atom. The highest BCUT2D eigenvalue weighted by atomic mass is 79.9. The van der Waals surface area contributed by atoms with Crippen molar-refractivity contribution in [1.82, 2.24) is 4.72 Å². The second-order valence-corrected chi connectivity index (χ2v) is 9.53. The van der Waals surface area contributed by atoms with Crippen molar-refractivity contribution in [1.29, 1.82) is 0 Å². The van der Waals surface area contributed by atoms with Crippen LogP contribution in [0.15, 0.2) is 14.7 Å². The van der Waals surface area contributed by atoms with Gasteiger partial charge in [0.25, 0.3) is 0 Å². The summed E-state index contributed by atoms with van der Waals surface area (Å²) in [4.78, 5) is 1.10. The van der Waals surface area contributed by atoms with Gasteiger partial charge in [-0.15, -0.1) is 11.3 Å². The summed E-state index contributed by atoms with van der Waals surface area (Å²) >= 11 is 4.71. The fourth-order valence-electron chi connectivity index (χ4n) is 2.54. The summed E-state index contributed by atoms with van der Waals surface area (Å²) < 4.78 is 28.0. The average molecular weight is 368 g/mol. The molecule has 0 atom stereocenters. The molecule has 0 aromatic carbocycles. The molecule has 0 unspecified atom stereocenters.